The Morgan fingerprint density at radius 1 is 1.21 bits per heavy atom. The van der Waals surface area contributed by atoms with Crippen LogP contribution >= 0.6 is 11.3 Å². The first-order chi connectivity index (χ1) is 13.4. The molecule has 1 N–H and O–H groups in total. The maximum atomic E-state index is 13.2. The van der Waals surface area contributed by atoms with E-state index in [4.69, 9.17) is 0 Å². The van der Waals surface area contributed by atoms with Gasteiger partial charge in [-0.05, 0) is 44.0 Å². The van der Waals surface area contributed by atoms with Crippen molar-refractivity contribution in [2.45, 2.75) is 24.0 Å². The number of anilines is 2. The van der Waals surface area contributed by atoms with Crippen molar-refractivity contribution in [3.8, 4) is 0 Å². The average Bonchev–Trinajstić information content (AvgIpc) is 3.14. The Kier molecular flexibility index (Phi) is 4.98. The van der Waals surface area contributed by atoms with Crippen LogP contribution in [0.2, 0.25) is 0 Å². The molecule has 1 saturated heterocycles. The number of thiophene rings is 1. The Morgan fingerprint density at radius 3 is 2.75 bits per heavy atom. The zero-order valence-corrected chi connectivity index (χ0v) is 17.1. The van der Waals surface area contributed by atoms with Crippen LogP contribution in [0.25, 0.3) is 0 Å². The van der Waals surface area contributed by atoms with Crippen LogP contribution in [0.1, 0.15) is 17.7 Å². The normalized spacial score (nSPS) is 20.5. The molecule has 1 unspecified atom stereocenters. The van der Waals surface area contributed by atoms with Crippen molar-refractivity contribution in [2.75, 3.05) is 29.9 Å². The number of amides is 2. The minimum absolute atomic E-state index is 0.0524. The lowest BCUT2D eigenvalue weighted by Crippen LogP contribution is -2.50. The van der Waals surface area contributed by atoms with Gasteiger partial charge < -0.3 is 10.2 Å². The van der Waals surface area contributed by atoms with Gasteiger partial charge in [-0.3, -0.25) is 9.59 Å². The fraction of sp³-hybridized carbons (Fsp3) is 0.368. The SMILES string of the molecule is Cc1ccc(S(=O)(=O)N2CCCC(C(=O)N3CC(=O)Nc4ccccc43)C2)s1. The lowest BCUT2D eigenvalue weighted by Gasteiger charge is -2.36. The molecule has 2 aliphatic rings. The van der Waals surface area contributed by atoms with Gasteiger partial charge in [0, 0.05) is 18.0 Å². The second-order valence-electron chi connectivity index (χ2n) is 7.06. The summed E-state index contributed by atoms with van der Waals surface area (Å²) in [4.78, 5) is 27.6. The van der Waals surface area contributed by atoms with Gasteiger partial charge in [-0.15, -0.1) is 11.3 Å². The largest absolute Gasteiger partial charge is 0.323 e. The van der Waals surface area contributed by atoms with E-state index in [-0.39, 0.29) is 24.9 Å². The van der Waals surface area contributed by atoms with Gasteiger partial charge >= 0.3 is 0 Å². The molecule has 1 atom stereocenters. The van der Waals surface area contributed by atoms with E-state index in [0.29, 0.717) is 35.0 Å². The summed E-state index contributed by atoms with van der Waals surface area (Å²) in [5, 5.41) is 2.77. The van der Waals surface area contributed by atoms with Crippen molar-refractivity contribution in [2.24, 2.45) is 5.92 Å². The number of carbonyl (C=O) groups excluding carboxylic acids is 2. The molecule has 0 radical (unpaired) electrons. The highest BCUT2D eigenvalue weighted by Crippen LogP contribution is 2.33. The zero-order valence-electron chi connectivity index (χ0n) is 15.4. The third-order valence-electron chi connectivity index (χ3n) is 5.08. The molecule has 1 fully saturated rings. The molecule has 0 saturated carbocycles. The monoisotopic (exact) mass is 419 g/mol. The van der Waals surface area contributed by atoms with Gasteiger partial charge in [-0.1, -0.05) is 12.1 Å². The van der Waals surface area contributed by atoms with Crippen LogP contribution in [-0.4, -0.2) is 44.2 Å². The third-order valence-corrected chi connectivity index (χ3v) is 8.41. The van der Waals surface area contributed by atoms with E-state index in [1.165, 1.54) is 20.5 Å². The number of hydrogen-bond donors (Lipinski definition) is 1. The molecular weight excluding hydrogens is 398 g/mol. The molecule has 2 amide bonds. The minimum atomic E-state index is -3.61. The fourth-order valence-corrected chi connectivity index (χ4v) is 6.65. The summed E-state index contributed by atoms with van der Waals surface area (Å²) in [5.74, 6) is -0.922. The Balaban J connectivity index is 1.57. The first-order valence-electron chi connectivity index (χ1n) is 9.13. The second-order valence-corrected chi connectivity index (χ2v) is 10.5. The maximum absolute atomic E-state index is 13.2. The number of nitrogens with one attached hydrogen (secondary N) is 1. The summed E-state index contributed by atoms with van der Waals surface area (Å²) in [5.41, 5.74) is 1.25. The second kappa shape index (κ2) is 7.31. The number of carbonyl (C=O) groups is 2. The van der Waals surface area contributed by atoms with Gasteiger partial charge in [0.2, 0.25) is 11.8 Å². The first-order valence-corrected chi connectivity index (χ1v) is 11.4. The van der Waals surface area contributed by atoms with Gasteiger partial charge in [0.15, 0.2) is 0 Å². The Hall–Kier alpha value is -2.23. The number of sulfonamides is 1. The van der Waals surface area contributed by atoms with Crippen LogP contribution < -0.4 is 10.2 Å². The lowest BCUT2D eigenvalue weighted by atomic mass is 9.97. The van der Waals surface area contributed by atoms with Crippen molar-refractivity contribution in [1.82, 2.24) is 4.31 Å². The number of nitrogens with zero attached hydrogens (tertiary/aromatic N) is 2. The molecule has 1 aromatic carbocycles. The number of benzene rings is 1. The fourth-order valence-electron chi connectivity index (χ4n) is 3.69. The van der Waals surface area contributed by atoms with Crippen LogP contribution in [0.5, 0.6) is 0 Å². The number of hydrogen-bond acceptors (Lipinski definition) is 5. The van der Waals surface area contributed by atoms with Gasteiger partial charge in [0.1, 0.15) is 10.8 Å². The Labute approximate surface area is 168 Å². The van der Waals surface area contributed by atoms with E-state index in [1.54, 1.807) is 30.3 Å². The van der Waals surface area contributed by atoms with E-state index in [9.17, 15) is 18.0 Å². The molecule has 2 aliphatic heterocycles. The Morgan fingerprint density at radius 2 is 2.00 bits per heavy atom. The van der Waals surface area contributed by atoms with E-state index in [0.717, 1.165) is 4.88 Å². The molecule has 1 aromatic heterocycles. The molecule has 0 spiro atoms. The molecule has 7 nitrogen and oxygen atoms in total. The van der Waals surface area contributed by atoms with Crippen molar-refractivity contribution >= 4 is 44.5 Å². The highest BCUT2D eigenvalue weighted by atomic mass is 32.2. The van der Waals surface area contributed by atoms with Crippen LogP contribution in [0.3, 0.4) is 0 Å². The molecule has 2 aromatic rings. The smallest absolute Gasteiger partial charge is 0.252 e. The van der Waals surface area contributed by atoms with Crippen LogP contribution in [-0.2, 0) is 19.6 Å². The number of fused-ring (bicyclic) bond motifs is 1. The van der Waals surface area contributed by atoms with Crippen molar-refractivity contribution in [3.63, 3.8) is 0 Å². The molecule has 3 heterocycles. The predicted octanol–water partition coefficient (Wildman–Crippen LogP) is 2.44. The molecular formula is C19H21N3O4S2. The Bertz CT molecular complexity index is 1030. The molecule has 9 heteroatoms. The van der Waals surface area contributed by atoms with E-state index >= 15 is 0 Å². The van der Waals surface area contributed by atoms with E-state index in [1.807, 2.05) is 13.0 Å². The number of para-hydroxylation sites is 2. The summed E-state index contributed by atoms with van der Waals surface area (Å²) in [7, 11) is -3.61. The van der Waals surface area contributed by atoms with Gasteiger partial charge in [0.25, 0.3) is 10.0 Å². The van der Waals surface area contributed by atoms with Crippen LogP contribution in [0.15, 0.2) is 40.6 Å². The summed E-state index contributed by atoms with van der Waals surface area (Å²) >= 11 is 1.24. The molecule has 148 valence electrons. The number of piperidine rings is 1. The first kappa shape index (κ1) is 19.1. The summed E-state index contributed by atoms with van der Waals surface area (Å²) in [6.07, 6.45) is 1.22. The zero-order chi connectivity index (χ0) is 19.9. The van der Waals surface area contributed by atoms with Crippen LogP contribution in [0.4, 0.5) is 11.4 Å². The van der Waals surface area contributed by atoms with Gasteiger partial charge in [-0.2, -0.15) is 4.31 Å². The molecule has 0 bridgehead atoms. The molecule has 0 aliphatic carbocycles. The van der Waals surface area contributed by atoms with E-state index in [2.05, 4.69) is 5.32 Å². The maximum Gasteiger partial charge on any atom is 0.252 e. The van der Waals surface area contributed by atoms with Gasteiger partial charge in [-0.25, -0.2) is 8.42 Å². The number of aryl methyl sites for hydroxylation is 1. The molecule has 28 heavy (non-hydrogen) atoms. The minimum Gasteiger partial charge on any atom is -0.323 e. The van der Waals surface area contributed by atoms with Crippen molar-refractivity contribution < 1.29 is 18.0 Å². The quantitative estimate of drug-likeness (QED) is 0.828. The van der Waals surface area contributed by atoms with Gasteiger partial charge in [0.05, 0.1) is 17.3 Å². The number of rotatable bonds is 3. The average molecular weight is 420 g/mol. The van der Waals surface area contributed by atoms with Crippen LogP contribution in [0, 0.1) is 12.8 Å². The predicted molar refractivity (Wildman–Crippen MR) is 108 cm³/mol. The highest BCUT2D eigenvalue weighted by molar-refractivity contribution is 7.91. The molecule has 4 rings (SSSR count). The lowest BCUT2D eigenvalue weighted by molar-refractivity contribution is -0.125. The van der Waals surface area contributed by atoms with E-state index < -0.39 is 15.9 Å². The third kappa shape index (κ3) is 3.45. The summed E-state index contributed by atoms with van der Waals surface area (Å²) in [6, 6.07) is 10.6. The van der Waals surface area contributed by atoms with Crippen molar-refractivity contribution in [3.05, 3.63) is 41.3 Å². The summed E-state index contributed by atoms with van der Waals surface area (Å²) < 4.78 is 27.6. The highest BCUT2D eigenvalue weighted by Gasteiger charge is 2.37. The van der Waals surface area contributed by atoms with Crippen molar-refractivity contribution in [1.29, 1.82) is 0 Å². The topological polar surface area (TPSA) is 86.8 Å². The summed E-state index contributed by atoms with van der Waals surface area (Å²) in [6.45, 7) is 2.35. The standard InChI is InChI=1S/C19H21N3O4S2/c1-13-8-9-18(27-13)28(25,26)21-10-4-5-14(11-21)19(24)22-12-17(23)20-15-6-2-3-7-16(15)22/h2-3,6-9,14H,4-5,10-12H2,1H3,(H,20,23).